The summed E-state index contributed by atoms with van der Waals surface area (Å²) < 4.78 is 0. The molecule has 1 aromatic carbocycles. The van der Waals surface area contributed by atoms with E-state index < -0.39 is 0 Å². The lowest BCUT2D eigenvalue weighted by molar-refractivity contribution is 1.11. The fourth-order valence-electron chi connectivity index (χ4n) is 1.19. The first-order valence-electron chi connectivity index (χ1n) is 3.77. The Labute approximate surface area is 72.0 Å². The van der Waals surface area contributed by atoms with Crippen molar-refractivity contribution in [2.45, 2.75) is 6.92 Å². The number of nitroso groups, excluding NO2 is 1. The van der Waals surface area contributed by atoms with Crippen LogP contribution in [0, 0.1) is 11.8 Å². The van der Waals surface area contributed by atoms with E-state index in [1.165, 1.54) is 0 Å². The van der Waals surface area contributed by atoms with Crippen LogP contribution in [0.25, 0.3) is 0 Å². The van der Waals surface area contributed by atoms with Gasteiger partial charge in [-0.15, -0.1) is 4.91 Å². The minimum Gasteiger partial charge on any atom is -0.377 e. The number of nitrogens with zero attached hydrogens (tertiary/aromatic N) is 2. The molecular formula is C9H12N2O. The van der Waals surface area contributed by atoms with E-state index in [2.05, 4.69) is 5.18 Å². The van der Waals surface area contributed by atoms with Crippen molar-refractivity contribution < 1.29 is 0 Å². The fraction of sp³-hybridized carbons (Fsp3) is 0.333. The first kappa shape index (κ1) is 8.71. The first-order valence-corrected chi connectivity index (χ1v) is 3.77. The largest absolute Gasteiger partial charge is 0.377 e. The summed E-state index contributed by atoms with van der Waals surface area (Å²) in [5, 5.41) is 2.94. The van der Waals surface area contributed by atoms with Gasteiger partial charge in [0.1, 0.15) is 5.69 Å². The summed E-state index contributed by atoms with van der Waals surface area (Å²) >= 11 is 0. The van der Waals surface area contributed by atoms with E-state index >= 15 is 0 Å². The molecule has 0 bridgehead atoms. The smallest absolute Gasteiger partial charge is 0.112 e. The second-order valence-corrected chi connectivity index (χ2v) is 2.91. The zero-order valence-electron chi connectivity index (χ0n) is 7.53. The van der Waals surface area contributed by atoms with Crippen LogP contribution < -0.4 is 4.90 Å². The SMILES string of the molecule is Cc1c(N=O)cccc1N(C)C. The van der Waals surface area contributed by atoms with Gasteiger partial charge in [0.15, 0.2) is 0 Å². The van der Waals surface area contributed by atoms with Gasteiger partial charge in [-0.3, -0.25) is 0 Å². The monoisotopic (exact) mass is 164 g/mol. The maximum absolute atomic E-state index is 10.3. The van der Waals surface area contributed by atoms with E-state index in [1.807, 2.05) is 38.1 Å². The van der Waals surface area contributed by atoms with Crippen molar-refractivity contribution in [3.63, 3.8) is 0 Å². The average molecular weight is 164 g/mol. The second-order valence-electron chi connectivity index (χ2n) is 2.91. The molecule has 0 atom stereocenters. The van der Waals surface area contributed by atoms with Crippen LogP contribution in [0.15, 0.2) is 23.4 Å². The predicted molar refractivity (Wildman–Crippen MR) is 51.0 cm³/mol. The number of hydrogen-bond donors (Lipinski definition) is 0. The van der Waals surface area contributed by atoms with Gasteiger partial charge in [0.05, 0.1) is 0 Å². The Morgan fingerprint density at radius 3 is 2.50 bits per heavy atom. The topological polar surface area (TPSA) is 32.7 Å². The van der Waals surface area contributed by atoms with Crippen LogP contribution in [0.5, 0.6) is 0 Å². The lowest BCUT2D eigenvalue weighted by atomic mass is 10.1. The second kappa shape index (κ2) is 3.34. The van der Waals surface area contributed by atoms with Gasteiger partial charge >= 0.3 is 0 Å². The standard InChI is InChI=1S/C9H12N2O/c1-7-8(10-12)5-4-6-9(7)11(2)3/h4-6H,1-3H3. The molecule has 1 aromatic rings. The number of anilines is 1. The molecule has 0 fully saturated rings. The Hall–Kier alpha value is -1.38. The van der Waals surface area contributed by atoms with Crippen molar-refractivity contribution in [2.75, 3.05) is 19.0 Å². The summed E-state index contributed by atoms with van der Waals surface area (Å²) in [6, 6.07) is 5.51. The highest BCUT2D eigenvalue weighted by Gasteiger charge is 2.04. The number of rotatable bonds is 2. The summed E-state index contributed by atoms with van der Waals surface area (Å²) in [6.07, 6.45) is 0. The van der Waals surface area contributed by atoms with Crippen molar-refractivity contribution in [1.82, 2.24) is 0 Å². The maximum Gasteiger partial charge on any atom is 0.112 e. The number of benzene rings is 1. The molecule has 0 heterocycles. The molecule has 0 amide bonds. The van der Waals surface area contributed by atoms with Crippen LogP contribution in [0.3, 0.4) is 0 Å². The molecule has 1 rings (SSSR count). The third-order valence-corrected chi connectivity index (χ3v) is 1.86. The molecule has 0 radical (unpaired) electrons. The molecule has 0 aromatic heterocycles. The van der Waals surface area contributed by atoms with Crippen LogP contribution >= 0.6 is 0 Å². The van der Waals surface area contributed by atoms with E-state index in [0.717, 1.165) is 11.3 Å². The minimum atomic E-state index is 0.515. The molecule has 0 N–H and O–H groups in total. The molecule has 64 valence electrons. The fourth-order valence-corrected chi connectivity index (χ4v) is 1.19. The molecule has 0 saturated carbocycles. The lowest BCUT2D eigenvalue weighted by Crippen LogP contribution is -2.09. The minimum absolute atomic E-state index is 0.515. The summed E-state index contributed by atoms with van der Waals surface area (Å²) in [7, 11) is 3.88. The molecule has 0 aliphatic carbocycles. The summed E-state index contributed by atoms with van der Waals surface area (Å²) in [4.78, 5) is 12.3. The third-order valence-electron chi connectivity index (χ3n) is 1.86. The molecule has 0 saturated heterocycles. The molecular weight excluding hydrogens is 152 g/mol. The van der Waals surface area contributed by atoms with Crippen LogP contribution in [0.2, 0.25) is 0 Å². The van der Waals surface area contributed by atoms with E-state index in [4.69, 9.17) is 0 Å². The van der Waals surface area contributed by atoms with E-state index in [9.17, 15) is 4.91 Å². The van der Waals surface area contributed by atoms with E-state index in [1.54, 1.807) is 6.07 Å². The molecule has 0 aliphatic heterocycles. The van der Waals surface area contributed by atoms with Crippen molar-refractivity contribution >= 4 is 11.4 Å². The molecule has 3 heteroatoms. The van der Waals surface area contributed by atoms with Gasteiger partial charge in [0.2, 0.25) is 0 Å². The molecule has 12 heavy (non-hydrogen) atoms. The molecule has 3 nitrogen and oxygen atoms in total. The van der Waals surface area contributed by atoms with Crippen molar-refractivity contribution in [3.8, 4) is 0 Å². The Balaban J connectivity index is 3.22. The lowest BCUT2D eigenvalue weighted by Gasteiger charge is -2.15. The van der Waals surface area contributed by atoms with Crippen LogP contribution in [-0.4, -0.2) is 14.1 Å². The first-order chi connectivity index (χ1) is 5.66. The van der Waals surface area contributed by atoms with Gasteiger partial charge in [-0.1, -0.05) is 6.07 Å². The van der Waals surface area contributed by atoms with E-state index in [-0.39, 0.29) is 0 Å². The molecule has 0 aliphatic rings. The quantitative estimate of drug-likeness (QED) is 0.629. The Morgan fingerprint density at radius 2 is 2.00 bits per heavy atom. The van der Waals surface area contributed by atoms with Gasteiger partial charge in [0.25, 0.3) is 0 Å². The Morgan fingerprint density at radius 1 is 1.33 bits per heavy atom. The summed E-state index contributed by atoms with van der Waals surface area (Å²) in [6.45, 7) is 1.89. The Bertz CT molecular complexity index is 295. The average Bonchev–Trinajstić information content (AvgIpc) is 2.04. The third kappa shape index (κ3) is 1.44. The van der Waals surface area contributed by atoms with Gasteiger partial charge in [-0.25, -0.2) is 0 Å². The Kier molecular flexibility index (Phi) is 2.43. The van der Waals surface area contributed by atoms with Crippen molar-refractivity contribution in [1.29, 1.82) is 0 Å². The zero-order valence-corrected chi connectivity index (χ0v) is 7.53. The highest BCUT2D eigenvalue weighted by atomic mass is 16.3. The predicted octanol–water partition coefficient (Wildman–Crippen LogP) is 2.46. The highest BCUT2D eigenvalue weighted by molar-refractivity contribution is 5.62. The molecule has 0 spiro atoms. The maximum atomic E-state index is 10.3. The summed E-state index contributed by atoms with van der Waals surface area (Å²) in [5.74, 6) is 0. The van der Waals surface area contributed by atoms with Crippen molar-refractivity contribution in [2.24, 2.45) is 5.18 Å². The van der Waals surface area contributed by atoms with E-state index in [0.29, 0.717) is 5.69 Å². The van der Waals surface area contributed by atoms with Crippen molar-refractivity contribution in [3.05, 3.63) is 28.7 Å². The van der Waals surface area contributed by atoms with Crippen LogP contribution in [0.1, 0.15) is 5.56 Å². The highest BCUT2D eigenvalue weighted by Crippen LogP contribution is 2.26. The van der Waals surface area contributed by atoms with Gasteiger partial charge in [0, 0.05) is 25.3 Å². The normalized spacial score (nSPS) is 9.58. The number of hydrogen-bond acceptors (Lipinski definition) is 3. The summed E-state index contributed by atoms with van der Waals surface area (Å²) in [5.41, 5.74) is 2.48. The molecule has 0 unspecified atom stereocenters. The van der Waals surface area contributed by atoms with Gasteiger partial charge < -0.3 is 4.90 Å². The van der Waals surface area contributed by atoms with Gasteiger partial charge in [-0.2, -0.15) is 0 Å². The van der Waals surface area contributed by atoms with Crippen LogP contribution in [0.4, 0.5) is 11.4 Å². The van der Waals surface area contributed by atoms with Crippen LogP contribution in [-0.2, 0) is 0 Å². The van der Waals surface area contributed by atoms with Gasteiger partial charge in [-0.05, 0) is 24.2 Å². The zero-order chi connectivity index (χ0) is 9.14.